The highest BCUT2D eigenvalue weighted by molar-refractivity contribution is 5.23. The smallest absolute Gasteiger partial charge is 0.126 e. The van der Waals surface area contributed by atoms with E-state index in [0.717, 1.165) is 24.6 Å². The highest BCUT2D eigenvalue weighted by atomic mass is 19.1. The van der Waals surface area contributed by atoms with Crippen LogP contribution in [0.2, 0.25) is 0 Å². The van der Waals surface area contributed by atoms with Crippen molar-refractivity contribution >= 4 is 0 Å². The van der Waals surface area contributed by atoms with Crippen molar-refractivity contribution in [3.8, 4) is 0 Å². The molecule has 1 rings (SSSR count). The van der Waals surface area contributed by atoms with Crippen molar-refractivity contribution in [2.45, 2.75) is 40.2 Å². The fraction of sp³-hybridized carbons (Fsp3) is 0.571. The lowest BCUT2D eigenvalue weighted by atomic mass is 10.1. The Morgan fingerprint density at radius 2 is 2.06 bits per heavy atom. The Hall–Kier alpha value is -0.890. The summed E-state index contributed by atoms with van der Waals surface area (Å²) in [5, 5.41) is 3.34. The maximum Gasteiger partial charge on any atom is 0.126 e. The van der Waals surface area contributed by atoms with Gasteiger partial charge in [0.15, 0.2) is 0 Å². The zero-order valence-electron chi connectivity index (χ0n) is 10.5. The fourth-order valence-electron chi connectivity index (χ4n) is 1.61. The van der Waals surface area contributed by atoms with Gasteiger partial charge in [0.25, 0.3) is 0 Å². The normalized spacial score (nSPS) is 11.1. The Labute approximate surface area is 98.1 Å². The van der Waals surface area contributed by atoms with Gasteiger partial charge in [-0.1, -0.05) is 26.0 Å². The van der Waals surface area contributed by atoms with Crippen LogP contribution in [-0.2, 0) is 6.54 Å². The molecule has 0 amide bonds. The quantitative estimate of drug-likeness (QED) is 0.726. The van der Waals surface area contributed by atoms with Crippen LogP contribution in [0.25, 0.3) is 0 Å². The highest BCUT2D eigenvalue weighted by Gasteiger charge is 1.99. The molecule has 0 aromatic heterocycles. The SMILES string of the molecule is Cc1ccc(CNCCCC(C)C)cc1F. The Balaban J connectivity index is 2.24. The summed E-state index contributed by atoms with van der Waals surface area (Å²) in [6, 6.07) is 5.43. The Kier molecular flexibility index (Phi) is 5.47. The van der Waals surface area contributed by atoms with Gasteiger partial charge < -0.3 is 5.32 Å². The van der Waals surface area contributed by atoms with Gasteiger partial charge >= 0.3 is 0 Å². The lowest BCUT2D eigenvalue weighted by molar-refractivity contribution is 0.526. The molecule has 0 saturated heterocycles. The first-order chi connectivity index (χ1) is 7.59. The molecule has 0 saturated carbocycles. The minimum absolute atomic E-state index is 0.110. The van der Waals surface area contributed by atoms with Crippen LogP contribution < -0.4 is 5.32 Å². The Bertz CT molecular complexity index is 321. The van der Waals surface area contributed by atoms with E-state index in [9.17, 15) is 4.39 Å². The van der Waals surface area contributed by atoms with Crippen molar-refractivity contribution in [2.75, 3.05) is 6.54 Å². The number of nitrogens with one attached hydrogen (secondary N) is 1. The van der Waals surface area contributed by atoms with Crippen molar-refractivity contribution in [2.24, 2.45) is 5.92 Å². The zero-order valence-corrected chi connectivity index (χ0v) is 10.5. The number of hydrogen-bond acceptors (Lipinski definition) is 1. The molecular weight excluding hydrogens is 201 g/mol. The average molecular weight is 223 g/mol. The molecule has 0 aliphatic rings. The van der Waals surface area contributed by atoms with Crippen LogP contribution in [0, 0.1) is 18.7 Å². The van der Waals surface area contributed by atoms with Crippen LogP contribution in [0.4, 0.5) is 4.39 Å². The van der Waals surface area contributed by atoms with E-state index in [-0.39, 0.29) is 5.82 Å². The first-order valence-corrected chi connectivity index (χ1v) is 6.05. The zero-order chi connectivity index (χ0) is 12.0. The van der Waals surface area contributed by atoms with Crippen LogP contribution in [0.5, 0.6) is 0 Å². The minimum Gasteiger partial charge on any atom is -0.313 e. The number of benzene rings is 1. The maximum absolute atomic E-state index is 13.2. The molecule has 0 spiro atoms. The topological polar surface area (TPSA) is 12.0 Å². The first kappa shape index (κ1) is 13.2. The van der Waals surface area contributed by atoms with Crippen molar-refractivity contribution < 1.29 is 4.39 Å². The second kappa shape index (κ2) is 6.64. The second-order valence-electron chi connectivity index (χ2n) is 4.80. The van der Waals surface area contributed by atoms with E-state index in [4.69, 9.17) is 0 Å². The van der Waals surface area contributed by atoms with E-state index < -0.39 is 0 Å². The lowest BCUT2D eigenvalue weighted by Gasteiger charge is -2.07. The van der Waals surface area contributed by atoms with Gasteiger partial charge in [-0.2, -0.15) is 0 Å². The number of hydrogen-bond donors (Lipinski definition) is 1. The maximum atomic E-state index is 13.2. The number of rotatable bonds is 6. The molecule has 1 aromatic carbocycles. The molecule has 0 bridgehead atoms. The predicted octanol–water partition coefficient (Wildman–Crippen LogP) is 3.66. The van der Waals surface area contributed by atoms with Gasteiger partial charge in [-0.25, -0.2) is 4.39 Å². The molecule has 16 heavy (non-hydrogen) atoms. The van der Waals surface area contributed by atoms with Crippen LogP contribution in [0.15, 0.2) is 18.2 Å². The van der Waals surface area contributed by atoms with E-state index in [1.54, 1.807) is 13.0 Å². The van der Waals surface area contributed by atoms with Crippen molar-refractivity contribution in [1.82, 2.24) is 5.32 Å². The molecular formula is C14H22FN. The molecule has 1 aromatic rings. The molecule has 90 valence electrons. The Morgan fingerprint density at radius 3 is 2.69 bits per heavy atom. The van der Waals surface area contributed by atoms with Crippen LogP contribution in [-0.4, -0.2) is 6.54 Å². The molecule has 2 heteroatoms. The Morgan fingerprint density at radius 1 is 1.31 bits per heavy atom. The third-order valence-electron chi connectivity index (χ3n) is 2.70. The molecule has 0 aliphatic heterocycles. The van der Waals surface area contributed by atoms with E-state index in [1.165, 1.54) is 12.8 Å². The van der Waals surface area contributed by atoms with Crippen molar-refractivity contribution in [1.29, 1.82) is 0 Å². The van der Waals surface area contributed by atoms with Crippen molar-refractivity contribution in [3.63, 3.8) is 0 Å². The summed E-state index contributed by atoms with van der Waals surface area (Å²) in [6.45, 7) is 8.02. The van der Waals surface area contributed by atoms with Gasteiger partial charge in [0.2, 0.25) is 0 Å². The third kappa shape index (κ3) is 4.75. The molecule has 0 aliphatic carbocycles. The largest absolute Gasteiger partial charge is 0.313 e. The van der Waals surface area contributed by atoms with Gasteiger partial charge in [0, 0.05) is 6.54 Å². The molecule has 0 radical (unpaired) electrons. The monoisotopic (exact) mass is 223 g/mol. The van der Waals surface area contributed by atoms with Gasteiger partial charge in [-0.15, -0.1) is 0 Å². The lowest BCUT2D eigenvalue weighted by Crippen LogP contribution is -2.15. The van der Waals surface area contributed by atoms with Gasteiger partial charge in [-0.3, -0.25) is 0 Å². The number of aryl methyl sites for hydroxylation is 1. The molecule has 0 fully saturated rings. The molecule has 1 N–H and O–H groups in total. The summed E-state index contributed by atoms with van der Waals surface area (Å²) in [5.74, 6) is 0.653. The predicted molar refractivity (Wildman–Crippen MR) is 66.9 cm³/mol. The summed E-state index contributed by atoms with van der Waals surface area (Å²) in [5.41, 5.74) is 1.73. The molecule has 0 heterocycles. The second-order valence-corrected chi connectivity index (χ2v) is 4.80. The van der Waals surface area contributed by atoms with E-state index in [0.29, 0.717) is 5.56 Å². The standard InChI is InChI=1S/C14H22FN/c1-11(2)5-4-8-16-10-13-7-6-12(3)14(15)9-13/h6-7,9,11,16H,4-5,8,10H2,1-3H3. The molecule has 0 unspecified atom stereocenters. The third-order valence-corrected chi connectivity index (χ3v) is 2.70. The first-order valence-electron chi connectivity index (χ1n) is 6.05. The summed E-state index contributed by atoms with van der Waals surface area (Å²) < 4.78 is 13.2. The van der Waals surface area contributed by atoms with Crippen molar-refractivity contribution in [3.05, 3.63) is 35.1 Å². The average Bonchev–Trinajstić information content (AvgIpc) is 2.22. The van der Waals surface area contributed by atoms with E-state index in [1.807, 2.05) is 12.1 Å². The highest BCUT2D eigenvalue weighted by Crippen LogP contribution is 2.09. The van der Waals surface area contributed by atoms with Gasteiger partial charge in [0.05, 0.1) is 0 Å². The van der Waals surface area contributed by atoms with Gasteiger partial charge in [0.1, 0.15) is 5.82 Å². The fourth-order valence-corrected chi connectivity index (χ4v) is 1.61. The summed E-state index contributed by atoms with van der Waals surface area (Å²) in [7, 11) is 0. The van der Waals surface area contributed by atoms with E-state index >= 15 is 0 Å². The van der Waals surface area contributed by atoms with E-state index in [2.05, 4.69) is 19.2 Å². The summed E-state index contributed by atoms with van der Waals surface area (Å²) >= 11 is 0. The molecule has 0 atom stereocenters. The number of halogens is 1. The molecule has 1 nitrogen and oxygen atoms in total. The summed E-state index contributed by atoms with van der Waals surface area (Å²) in [6.07, 6.45) is 2.43. The van der Waals surface area contributed by atoms with Gasteiger partial charge in [-0.05, 0) is 49.4 Å². The minimum atomic E-state index is -0.110. The van der Waals surface area contributed by atoms with Crippen LogP contribution in [0.1, 0.15) is 37.8 Å². The van der Waals surface area contributed by atoms with Crippen LogP contribution >= 0.6 is 0 Å². The summed E-state index contributed by atoms with van der Waals surface area (Å²) in [4.78, 5) is 0. The van der Waals surface area contributed by atoms with Crippen LogP contribution in [0.3, 0.4) is 0 Å².